The van der Waals surface area contributed by atoms with Gasteiger partial charge in [-0.3, -0.25) is 4.98 Å². The highest BCUT2D eigenvalue weighted by molar-refractivity contribution is 6.08. The minimum Gasteiger partial charge on any atom is -0.475 e. The molecule has 14 nitrogen and oxygen atoms in total. The third kappa shape index (κ3) is 13.0. The van der Waals surface area contributed by atoms with E-state index in [4.69, 9.17) is 33.2 Å². The van der Waals surface area contributed by atoms with E-state index in [9.17, 15) is 36.3 Å². The summed E-state index contributed by atoms with van der Waals surface area (Å²) in [7, 11) is 0. The Kier molecular flexibility index (Phi) is 14.8. The maximum atomic E-state index is 14.4. The summed E-state index contributed by atoms with van der Waals surface area (Å²) in [6, 6.07) is 7.82. The summed E-state index contributed by atoms with van der Waals surface area (Å²) in [4.78, 5) is 47.6. The summed E-state index contributed by atoms with van der Waals surface area (Å²) in [6.07, 6.45) is -2.20. The molecule has 0 atom stereocenters. The highest BCUT2D eigenvalue weighted by Crippen LogP contribution is 2.32. The van der Waals surface area contributed by atoms with Crippen LogP contribution in [-0.2, 0) is 35.0 Å². The zero-order valence-corrected chi connectivity index (χ0v) is 31.9. The molecule has 0 bridgehead atoms. The molecule has 0 saturated carbocycles. The van der Waals surface area contributed by atoms with Crippen molar-refractivity contribution >= 4 is 39.9 Å². The number of ether oxygens (including phenoxy) is 8. The molecule has 5 rings (SSSR count). The lowest BCUT2D eigenvalue weighted by Gasteiger charge is -2.27. The highest BCUT2D eigenvalue weighted by Gasteiger charge is 2.34. The largest absolute Gasteiger partial charge is 0.573 e. The molecule has 58 heavy (non-hydrogen) atoms. The van der Waals surface area contributed by atoms with Gasteiger partial charge in [0, 0.05) is 61.1 Å². The second kappa shape index (κ2) is 19.7. The molecule has 19 heteroatoms. The number of esters is 1. The number of nitrogens with zero attached hydrogens (tertiary/aromatic N) is 3. The summed E-state index contributed by atoms with van der Waals surface area (Å²) in [5, 5.41) is 2.08. The van der Waals surface area contributed by atoms with Crippen LogP contribution in [0.2, 0.25) is 0 Å². The number of rotatable bonds is 16. The first kappa shape index (κ1) is 43.6. The Hall–Kier alpha value is -5.56. The van der Waals surface area contributed by atoms with Gasteiger partial charge in [0.25, 0.3) is 0 Å². The van der Waals surface area contributed by atoms with E-state index < -0.39 is 54.4 Å². The van der Waals surface area contributed by atoms with Gasteiger partial charge < -0.3 is 42.8 Å². The molecule has 4 aromatic rings. The lowest BCUT2D eigenvalue weighted by Crippen LogP contribution is -2.37. The SMILES string of the molecule is CC(C)(C)OC(=O)N(CCCCOCCOc1nc2cc(C(=O)OCOC(=O)OC3CCOCC3)ccc2c2cnccc12)Cc1cc(F)c(OC(F)(F)F)c(F)c1. The van der Waals surface area contributed by atoms with Gasteiger partial charge in [-0.25, -0.2) is 28.1 Å². The van der Waals surface area contributed by atoms with E-state index in [1.165, 1.54) is 11.0 Å². The number of pyridine rings is 2. The predicted molar refractivity (Wildman–Crippen MR) is 194 cm³/mol. The molecule has 0 spiro atoms. The van der Waals surface area contributed by atoms with Crippen LogP contribution >= 0.6 is 0 Å². The number of hydrogen-bond donors (Lipinski definition) is 0. The minimum atomic E-state index is -5.30. The van der Waals surface area contributed by atoms with Crippen molar-refractivity contribution in [3.63, 3.8) is 0 Å². The zero-order valence-electron chi connectivity index (χ0n) is 31.9. The third-order valence-corrected chi connectivity index (χ3v) is 8.33. The second-order valence-electron chi connectivity index (χ2n) is 13.9. The number of benzene rings is 2. The van der Waals surface area contributed by atoms with Crippen LogP contribution in [0.3, 0.4) is 0 Å². The molecule has 0 N–H and O–H groups in total. The van der Waals surface area contributed by atoms with Crippen LogP contribution in [0, 0.1) is 11.6 Å². The summed E-state index contributed by atoms with van der Waals surface area (Å²) in [6.45, 7) is 5.44. The van der Waals surface area contributed by atoms with E-state index in [1.54, 1.807) is 51.4 Å². The first-order valence-electron chi connectivity index (χ1n) is 18.2. The molecule has 0 unspecified atom stereocenters. The Morgan fingerprint density at radius 1 is 0.897 bits per heavy atom. The Morgan fingerprint density at radius 3 is 2.34 bits per heavy atom. The molecular formula is C39H42F5N3O11. The molecule has 3 heterocycles. The average molecular weight is 824 g/mol. The Labute approximate surface area is 329 Å². The van der Waals surface area contributed by atoms with Crippen molar-refractivity contribution in [2.24, 2.45) is 0 Å². The highest BCUT2D eigenvalue weighted by atomic mass is 19.4. The summed E-state index contributed by atoms with van der Waals surface area (Å²) < 4.78 is 107. The van der Waals surface area contributed by atoms with E-state index in [2.05, 4.69) is 14.7 Å². The van der Waals surface area contributed by atoms with Crippen LogP contribution < -0.4 is 9.47 Å². The Balaban J connectivity index is 1.11. The molecule has 1 fully saturated rings. The fourth-order valence-corrected chi connectivity index (χ4v) is 5.74. The maximum absolute atomic E-state index is 14.4. The summed E-state index contributed by atoms with van der Waals surface area (Å²) >= 11 is 0. The summed E-state index contributed by atoms with van der Waals surface area (Å²) in [5.41, 5.74) is -0.442. The minimum absolute atomic E-state index is 0.0750. The number of fused-ring (bicyclic) bond motifs is 3. The smallest absolute Gasteiger partial charge is 0.475 e. The first-order chi connectivity index (χ1) is 27.6. The number of amides is 1. The van der Waals surface area contributed by atoms with Crippen molar-refractivity contribution in [2.45, 2.75) is 71.1 Å². The van der Waals surface area contributed by atoms with Crippen molar-refractivity contribution in [3.8, 4) is 11.6 Å². The number of carbonyl (C=O) groups is 3. The average Bonchev–Trinajstić information content (AvgIpc) is 3.15. The quantitative estimate of drug-likeness (QED) is 0.0268. The van der Waals surface area contributed by atoms with Gasteiger partial charge in [-0.15, -0.1) is 13.2 Å². The molecule has 0 radical (unpaired) electrons. The van der Waals surface area contributed by atoms with Gasteiger partial charge in [0.15, 0.2) is 11.6 Å². The first-order valence-corrected chi connectivity index (χ1v) is 18.2. The van der Waals surface area contributed by atoms with E-state index in [1.807, 2.05) is 0 Å². The lowest BCUT2D eigenvalue weighted by molar-refractivity contribution is -0.276. The molecule has 1 aliphatic rings. The van der Waals surface area contributed by atoms with E-state index in [-0.39, 0.29) is 56.0 Å². The van der Waals surface area contributed by atoms with Crippen molar-refractivity contribution < 1.29 is 74.2 Å². The van der Waals surface area contributed by atoms with Crippen molar-refractivity contribution in [3.05, 3.63) is 71.6 Å². The number of halogens is 5. The molecule has 2 aromatic carbocycles. The fourth-order valence-electron chi connectivity index (χ4n) is 5.74. The van der Waals surface area contributed by atoms with Crippen molar-refractivity contribution in [1.29, 1.82) is 0 Å². The number of hydrogen-bond acceptors (Lipinski definition) is 13. The van der Waals surface area contributed by atoms with Gasteiger partial charge in [-0.1, -0.05) is 6.07 Å². The normalized spacial score (nSPS) is 13.6. The molecule has 0 aliphatic carbocycles. The Bertz CT molecular complexity index is 2030. The van der Waals surface area contributed by atoms with Gasteiger partial charge in [-0.05, 0) is 69.5 Å². The monoisotopic (exact) mass is 823 g/mol. The van der Waals surface area contributed by atoms with Gasteiger partial charge in [0.1, 0.15) is 18.3 Å². The molecule has 314 valence electrons. The van der Waals surface area contributed by atoms with Crippen LogP contribution in [0.15, 0.2) is 48.8 Å². The van der Waals surface area contributed by atoms with E-state index >= 15 is 0 Å². The predicted octanol–water partition coefficient (Wildman–Crippen LogP) is 8.02. The van der Waals surface area contributed by atoms with Gasteiger partial charge in [0.2, 0.25) is 18.4 Å². The standard InChI is InChI=1S/C39H42F5N3O11/c1-38(2,3)58-36(49)47(22-24-18-30(40)33(31(41)19-24)57-39(42,43)44)12-4-5-13-51-16-17-53-34-28-8-11-45-21-29(28)27-7-6-25(20-32(27)46-34)35(48)54-23-55-37(50)56-26-9-14-52-15-10-26/h6-8,11,18-21,26H,4-5,9-10,12-17,22-23H2,1-3H3. The van der Waals surface area contributed by atoms with Crippen LogP contribution in [0.4, 0.5) is 31.5 Å². The van der Waals surface area contributed by atoms with Crippen molar-refractivity contribution in [2.75, 3.05) is 46.4 Å². The Morgan fingerprint density at radius 2 is 1.64 bits per heavy atom. The number of alkyl halides is 3. The lowest BCUT2D eigenvalue weighted by atomic mass is 10.1. The number of aromatic nitrogens is 2. The van der Waals surface area contributed by atoms with E-state index in [0.29, 0.717) is 72.7 Å². The topological polar surface area (TPSA) is 154 Å². The molecule has 1 aliphatic heterocycles. The van der Waals surface area contributed by atoms with Crippen LogP contribution in [0.1, 0.15) is 62.4 Å². The van der Waals surface area contributed by atoms with Gasteiger partial charge >= 0.3 is 24.6 Å². The number of carbonyl (C=O) groups excluding carboxylic acids is 3. The number of unbranched alkanes of at least 4 members (excludes halogenated alkanes) is 1. The molecular weight excluding hydrogens is 781 g/mol. The zero-order chi connectivity index (χ0) is 41.9. The second-order valence-corrected chi connectivity index (χ2v) is 13.9. The molecule has 1 saturated heterocycles. The van der Waals surface area contributed by atoms with Crippen LogP contribution in [0.5, 0.6) is 11.6 Å². The van der Waals surface area contributed by atoms with Crippen molar-refractivity contribution in [1.82, 2.24) is 14.9 Å². The van der Waals surface area contributed by atoms with Gasteiger partial charge in [0.05, 0.1) is 30.9 Å². The molecule has 2 aromatic heterocycles. The van der Waals surface area contributed by atoms with Crippen LogP contribution in [-0.4, -0.2) is 97.5 Å². The van der Waals surface area contributed by atoms with E-state index in [0.717, 1.165) is 0 Å². The maximum Gasteiger partial charge on any atom is 0.573 e. The molecule has 1 amide bonds. The van der Waals surface area contributed by atoms with Gasteiger partial charge in [-0.2, -0.15) is 0 Å². The fraction of sp³-hybridized carbons (Fsp3) is 0.462. The third-order valence-electron chi connectivity index (χ3n) is 8.33. The summed E-state index contributed by atoms with van der Waals surface area (Å²) in [5.74, 6) is -5.24. The van der Waals surface area contributed by atoms with Crippen LogP contribution in [0.25, 0.3) is 21.7 Å².